The fourth-order valence-corrected chi connectivity index (χ4v) is 1.65. The van der Waals surface area contributed by atoms with Crippen LogP contribution in [0.1, 0.15) is 12.8 Å². The lowest BCUT2D eigenvalue weighted by molar-refractivity contribution is -0.134. The van der Waals surface area contributed by atoms with Crippen LogP contribution in [0.15, 0.2) is 0 Å². The first-order chi connectivity index (χ1) is 5.55. The SMILES string of the molecule is O=C(CI)N1CCC(F)(F)CC1. The van der Waals surface area contributed by atoms with E-state index in [0.29, 0.717) is 4.43 Å². The molecule has 5 heteroatoms. The normalized spacial score (nSPS) is 22.4. The summed E-state index contributed by atoms with van der Waals surface area (Å²) < 4.78 is 25.6. The highest BCUT2D eigenvalue weighted by molar-refractivity contribution is 14.1. The number of rotatable bonds is 1. The van der Waals surface area contributed by atoms with Crippen LogP contribution in [0.5, 0.6) is 0 Å². The van der Waals surface area contributed by atoms with E-state index in [-0.39, 0.29) is 31.8 Å². The number of halogens is 3. The summed E-state index contributed by atoms with van der Waals surface area (Å²) >= 11 is 1.95. The van der Waals surface area contributed by atoms with Crippen molar-refractivity contribution >= 4 is 28.5 Å². The molecule has 1 rings (SSSR count). The van der Waals surface area contributed by atoms with Crippen LogP contribution in [-0.2, 0) is 4.79 Å². The lowest BCUT2D eigenvalue weighted by atomic mass is 10.1. The van der Waals surface area contributed by atoms with Gasteiger partial charge in [0.2, 0.25) is 5.91 Å². The third-order valence-corrected chi connectivity index (χ3v) is 2.61. The molecular formula is C7H10F2INO. The van der Waals surface area contributed by atoms with Crippen LogP contribution in [0.4, 0.5) is 8.78 Å². The van der Waals surface area contributed by atoms with Crippen molar-refractivity contribution in [3.8, 4) is 0 Å². The molecule has 2 nitrogen and oxygen atoms in total. The first-order valence-corrected chi connectivity index (χ1v) is 5.29. The summed E-state index contributed by atoms with van der Waals surface area (Å²) in [5, 5.41) is 0. The van der Waals surface area contributed by atoms with Gasteiger partial charge in [-0.2, -0.15) is 0 Å². The molecule has 1 aliphatic rings. The van der Waals surface area contributed by atoms with E-state index in [1.807, 2.05) is 22.6 Å². The largest absolute Gasteiger partial charge is 0.342 e. The topological polar surface area (TPSA) is 20.3 Å². The maximum absolute atomic E-state index is 12.6. The van der Waals surface area contributed by atoms with Crippen molar-refractivity contribution in [2.75, 3.05) is 17.5 Å². The van der Waals surface area contributed by atoms with Gasteiger partial charge >= 0.3 is 0 Å². The third-order valence-electron chi connectivity index (χ3n) is 1.96. The molecule has 0 aliphatic carbocycles. The van der Waals surface area contributed by atoms with E-state index in [1.165, 1.54) is 4.90 Å². The minimum atomic E-state index is -2.55. The number of alkyl halides is 3. The average Bonchev–Trinajstić information content (AvgIpc) is 2.03. The van der Waals surface area contributed by atoms with Gasteiger partial charge in [-0.1, -0.05) is 22.6 Å². The van der Waals surface area contributed by atoms with E-state index in [9.17, 15) is 13.6 Å². The molecule has 0 aromatic rings. The molecule has 70 valence electrons. The number of nitrogens with zero attached hydrogens (tertiary/aromatic N) is 1. The van der Waals surface area contributed by atoms with E-state index >= 15 is 0 Å². The molecule has 0 aromatic heterocycles. The number of carbonyl (C=O) groups is 1. The minimum Gasteiger partial charge on any atom is -0.342 e. The van der Waals surface area contributed by atoms with E-state index in [1.54, 1.807) is 0 Å². The summed E-state index contributed by atoms with van der Waals surface area (Å²) in [5.41, 5.74) is 0. The Labute approximate surface area is 83.4 Å². The molecule has 0 N–H and O–H groups in total. The summed E-state index contributed by atoms with van der Waals surface area (Å²) in [6.45, 7) is 0.406. The molecule has 1 saturated heterocycles. The Morgan fingerprint density at radius 1 is 1.42 bits per heavy atom. The number of hydrogen-bond donors (Lipinski definition) is 0. The zero-order valence-electron chi connectivity index (χ0n) is 6.52. The summed E-state index contributed by atoms with van der Waals surface area (Å²) in [4.78, 5) is 12.6. The molecule has 0 saturated carbocycles. The van der Waals surface area contributed by atoms with E-state index in [2.05, 4.69) is 0 Å². The number of likely N-dealkylation sites (tertiary alicyclic amines) is 1. The second-order valence-corrected chi connectivity index (χ2v) is 3.63. The molecule has 1 fully saturated rings. The van der Waals surface area contributed by atoms with E-state index in [4.69, 9.17) is 0 Å². The second-order valence-electron chi connectivity index (χ2n) is 2.87. The zero-order valence-corrected chi connectivity index (χ0v) is 8.68. The fourth-order valence-electron chi connectivity index (χ4n) is 1.17. The number of piperidine rings is 1. The Morgan fingerprint density at radius 2 is 1.92 bits per heavy atom. The van der Waals surface area contributed by atoms with Gasteiger partial charge in [0.1, 0.15) is 0 Å². The summed E-state index contributed by atoms with van der Waals surface area (Å²) in [6.07, 6.45) is -0.370. The maximum Gasteiger partial charge on any atom is 0.251 e. The van der Waals surface area contributed by atoms with E-state index in [0.717, 1.165) is 0 Å². The van der Waals surface area contributed by atoms with Gasteiger partial charge in [0.15, 0.2) is 0 Å². The summed E-state index contributed by atoms with van der Waals surface area (Å²) in [5.74, 6) is -2.59. The predicted octanol–water partition coefficient (Wildman–Crippen LogP) is 1.68. The van der Waals surface area contributed by atoms with Gasteiger partial charge in [-0.15, -0.1) is 0 Å². The third kappa shape index (κ3) is 2.53. The lowest BCUT2D eigenvalue weighted by Crippen LogP contribution is -2.43. The molecule has 0 spiro atoms. The van der Waals surface area contributed by atoms with Crippen LogP contribution < -0.4 is 0 Å². The van der Waals surface area contributed by atoms with Crippen molar-refractivity contribution in [2.24, 2.45) is 0 Å². The smallest absolute Gasteiger partial charge is 0.251 e. The Balaban J connectivity index is 2.41. The number of hydrogen-bond acceptors (Lipinski definition) is 1. The highest BCUT2D eigenvalue weighted by atomic mass is 127. The van der Waals surface area contributed by atoms with Crippen LogP contribution >= 0.6 is 22.6 Å². The number of amides is 1. The fraction of sp³-hybridized carbons (Fsp3) is 0.857. The standard InChI is InChI=1S/C7H10F2INO/c8-7(9)1-3-11(4-2-7)6(12)5-10/h1-5H2. The molecule has 1 heterocycles. The molecule has 12 heavy (non-hydrogen) atoms. The van der Waals surface area contributed by atoms with Crippen LogP contribution in [-0.4, -0.2) is 34.2 Å². The van der Waals surface area contributed by atoms with Crippen molar-refractivity contribution in [3.63, 3.8) is 0 Å². The first-order valence-electron chi connectivity index (χ1n) is 3.77. The van der Waals surface area contributed by atoms with Crippen molar-refractivity contribution in [1.82, 2.24) is 4.90 Å². The highest BCUT2D eigenvalue weighted by Gasteiger charge is 2.35. The molecule has 0 aromatic carbocycles. The molecule has 0 unspecified atom stereocenters. The highest BCUT2D eigenvalue weighted by Crippen LogP contribution is 2.27. The first kappa shape index (κ1) is 10.1. The Kier molecular flexibility index (Phi) is 3.25. The van der Waals surface area contributed by atoms with Gasteiger partial charge in [-0.05, 0) is 0 Å². The minimum absolute atomic E-state index is 0.0360. The van der Waals surface area contributed by atoms with Crippen molar-refractivity contribution in [2.45, 2.75) is 18.8 Å². The van der Waals surface area contributed by atoms with Crippen LogP contribution in [0.25, 0.3) is 0 Å². The quantitative estimate of drug-likeness (QED) is 0.531. The van der Waals surface area contributed by atoms with Gasteiger partial charge < -0.3 is 4.90 Å². The second kappa shape index (κ2) is 3.85. The van der Waals surface area contributed by atoms with Crippen molar-refractivity contribution in [1.29, 1.82) is 0 Å². The monoisotopic (exact) mass is 289 g/mol. The van der Waals surface area contributed by atoms with Gasteiger partial charge in [0.25, 0.3) is 5.92 Å². The maximum atomic E-state index is 12.6. The Bertz CT molecular complexity index is 176. The van der Waals surface area contributed by atoms with Crippen LogP contribution in [0.2, 0.25) is 0 Å². The lowest BCUT2D eigenvalue weighted by Gasteiger charge is -2.31. The van der Waals surface area contributed by atoms with Crippen LogP contribution in [0, 0.1) is 0 Å². The van der Waals surface area contributed by atoms with Crippen LogP contribution in [0.3, 0.4) is 0 Å². The van der Waals surface area contributed by atoms with Gasteiger partial charge in [0.05, 0.1) is 4.43 Å². The molecule has 0 atom stereocenters. The summed E-state index contributed by atoms with van der Waals surface area (Å²) in [6, 6.07) is 0. The number of carbonyl (C=O) groups excluding carboxylic acids is 1. The predicted molar refractivity (Wildman–Crippen MR) is 49.6 cm³/mol. The molecule has 0 radical (unpaired) electrons. The van der Waals surface area contributed by atoms with Gasteiger partial charge in [-0.25, -0.2) is 8.78 Å². The van der Waals surface area contributed by atoms with E-state index < -0.39 is 5.92 Å². The van der Waals surface area contributed by atoms with Crippen molar-refractivity contribution < 1.29 is 13.6 Å². The Morgan fingerprint density at radius 3 is 2.33 bits per heavy atom. The molecule has 0 bridgehead atoms. The van der Waals surface area contributed by atoms with Gasteiger partial charge in [0, 0.05) is 25.9 Å². The molecule has 1 amide bonds. The molecule has 1 aliphatic heterocycles. The summed E-state index contributed by atoms with van der Waals surface area (Å²) in [7, 11) is 0. The average molecular weight is 289 g/mol. The van der Waals surface area contributed by atoms with Crippen molar-refractivity contribution in [3.05, 3.63) is 0 Å². The van der Waals surface area contributed by atoms with Gasteiger partial charge in [-0.3, -0.25) is 4.79 Å². The molecular weight excluding hydrogens is 279 g/mol. The Hall–Kier alpha value is 0.0600. The zero-order chi connectivity index (χ0) is 9.19.